The Labute approximate surface area is 104 Å². The topological polar surface area (TPSA) is 37.3 Å². The van der Waals surface area contributed by atoms with Crippen molar-refractivity contribution in [2.45, 2.75) is 35.8 Å². The molecule has 1 atom stereocenters. The van der Waals surface area contributed by atoms with E-state index in [0.717, 1.165) is 10.5 Å². The first-order valence-electron chi connectivity index (χ1n) is 5.10. The van der Waals surface area contributed by atoms with Crippen molar-refractivity contribution in [3.8, 4) is 0 Å². The second-order valence-electron chi connectivity index (χ2n) is 4.67. The Hall–Kier alpha value is -0.670. The molecule has 0 saturated carbocycles. The number of halogens is 1. The molecule has 16 heavy (non-hydrogen) atoms. The number of carboxylic acid groups (broad SMARTS) is 1. The van der Waals surface area contributed by atoms with Crippen LogP contribution in [0.3, 0.4) is 0 Å². The van der Waals surface area contributed by atoms with Crippen molar-refractivity contribution in [1.29, 1.82) is 0 Å². The Balaban J connectivity index is 2.47. The molecule has 1 aliphatic rings. The molecule has 0 radical (unpaired) electrons. The van der Waals surface area contributed by atoms with Crippen molar-refractivity contribution >= 4 is 29.3 Å². The molecule has 86 valence electrons. The smallest absolute Gasteiger partial charge is 0.317 e. The Morgan fingerprint density at radius 1 is 1.56 bits per heavy atom. The van der Waals surface area contributed by atoms with E-state index >= 15 is 0 Å². The van der Waals surface area contributed by atoms with Gasteiger partial charge < -0.3 is 5.11 Å². The Morgan fingerprint density at radius 2 is 2.25 bits per heavy atom. The van der Waals surface area contributed by atoms with Gasteiger partial charge in [0.1, 0.15) is 5.25 Å². The molecule has 1 aliphatic heterocycles. The maximum absolute atomic E-state index is 11.1. The molecule has 2 rings (SSSR count). The number of benzene rings is 1. The van der Waals surface area contributed by atoms with Crippen LogP contribution in [0.1, 0.15) is 25.8 Å². The van der Waals surface area contributed by atoms with Crippen LogP contribution in [0.4, 0.5) is 0 Å². The Bertz CT molecular complexity index is 443. The van der Waals surface area contributed by atoms with E-state index in [1.807, 2.05) is 18.2 Å². The third-order valence-electron chi connectivity index (χ3n) is 2.91. The highest BCUT2D eigenvalue weighted by molar-refractivity contribution is 8.00. The summed E-state index contributed by atoms with van der Waals surface area (Å²) in [6.45, 7) is 4.13. The van der Waals surface area contributed by atoms with E-state index in [1.165, 1.54) is 11.8 Å². The second-order valence-corrected chi connectivity index (χ2v) is 6.35. The van der Waals surface area contributed by atoms with Gasteiger partial charge in [-0.15, -0.1) is 11.8 Å². The molecule has 0 fully saturated rings. The average Bonchev–Trinajstić information content (AvgIpc) is 2.18. The van der Waals surface area contributed by atoms with Crippen molar-refractivity contribution < 1.29 is 9.90 Å². The molecule has 0 bridgehead atoms. The third kappa shape index (κ3) is 2.06. The maximum atomic E-state index is 11.1. The van der Waals surface area contributed by atoms with Crippen LogP contribution in [0.5, 0.6) is 0 Å². The highest BCUT2D eigenvalue weighted by Crippen LogP contribution is 2.46. The van der Waals surface area contributed by atoms with E-state index in [1.54, 1.807) is 0 Å². The van der Waals surface area contributed by atoms with Gasteiger partial charge in [-0.3, -0.25) is 4.79 Å². The van der Waals surface area contributed by atoms with Crippen LogP contribution in [0.2, 0.25) is 5.02 Å². The molecule has 0 amide bonds. The summed E-state index contributed by atoms with van der Waals surface area (Å²) in [5.74, 6) is -0.737. The van der Waals surface area contributed by atoms with Gasteiger partial charge in [0.25, 0.3) is 0 Å². The number of hydrogen-bond acceptors (Lipinski definition) is 2. The van der Waals surface area contributed by atoms with E-state index < -0.39 is 5.97 Å². The highest BCUT2D eigenvalue weighted by Gasteiger charge is 2.36. The SMILES string of the molecule is CC1(C)CC(C(=O)O)Sc2ccc(Cl)cc21. The number of fused-ring (bicyclic) bond motifs is 1. The van der Waals surface area contributed by atoms with Crippen LogP contribution in [0.15, 0.2) is 23.1 Å². The zero-order valence-corrected chi connectivity index (χ0v) is 10.7. The third-order valence-corrected chi connectivity index (χ3v) is 4.41. The lowest BCUT2D eigenvalue weighted by molar-refractivity contribution is -0.136. The molecule has 0 spiro atoms. The van der Waals surface area contributed by atoms with Crippen molar-refractivity contribution in [1.82, 2.24) is 0 Å². The fourth-order valence-electron chi connectivity index (χ4n) is 2.04. The van der Waals surface area contributed by atoms with Gasteiger partial charge >= 0.3 is 5.97 Å². The normalized spacial score (nSPS) is 22.6. The predicted octanol–water partition coefficient (Wildman–Crippen LogP) is 3.57. The largest absolute Gasteiger partial charge is 0.480 e. The molecule has 2 nitrogen and oxygen atoms in total. The Kier molecular flexibility index (Phi) is 2.93. The van der Waals surface area contributed by atoms with Crippen molar-refractivity contribution in [3.63, 3.8) is 0 Å². The summed E-state index contributed by atoms with van der Waals surface area (Å²) in [5, 5.41) is 9.46. The number of carbonyl (C=O) groups is 1. The van der Waals surface area contributed by atoms with Gasteiger partial charge in [-0.2, -0.15) is 0 Å². The van der Waals surface area contributed by atoms with Crippen LogP contribution in [-0.2, 0) is 10.2 Å². The summed E-state index contributed by atoms with van der Waals surface area (Å²) in [6, 6.07) is 5.68. The van der Waals surface area contributed by atoms with Gasteiger partial charge in [-0.05, 0) is 35.6 Å². The summed E-state index contributed by atoms with van der Waals surface area (Å²) in [4.78, 5) is 12.1. The lowest BCUT2D eigenvalue weighted by Crippen LogP contribution is -2.32. The number of carboxylic acids is 1. The van der Waals surface area contributed by atoms with E-state index in [4.69, 9.17) is 16.7 Å². The summed E-state index contributed by atoms with van der Waals surface area (Å²) in [6.07, 6.45) is 0.639. The molecule has 1 unspecified atom stereocenters. The summed E-state index contributed by atoms with van der Waals surface area (Å²) < 4.78 is 0. The quantitative estimate of drug-likeness (QED) is 0.835. The standard InChI is InChI=1S/C12H13ClO2S/c1-12(2)6-10(11(14)15)16-9-4-3-7(13)5-8(9)12/h3-5,10H,6H2,1-2H3,(H,14,15). The van der Waals surface area contributed by atoms with Crippen LogP contribution in [-0.4, -0.2) is 16.3 Å². The van der Waals surface area contributed by atoms with E-state index in [0.29, 0.717) is 11.4 Å². The van der Waals surface area contributed by atoms with Crippen molar-refractivity contribution in [2.75, 3.05) is 0 Å². The lowest BCUT2D eigenvalue weighted by atomic mass is 9.80. The van der Waals surface area contributed by atoms with E-state index in [-0.39, 0.29) is 10.7 Å². The van der Waals surface area contributed by atoms with E-state index in [9.17, 15) is 4.79 Å². The molecule has 0 aliphatic carbocycles. The molecule has 1 heterocycles. The van der Waals surface area contributed by atoms with E-state index in [2.05, 4.69) is 13.8 Å². The first-order valence-corrected chi connectivity index (χ1v) is 6.35. The molecular formula is C12H13ClO2S. The fourth-order valence-corrected chi connectivity index (χ4v) is 3.73. The fraction of sp³-hybridized carbons (Fsp3) is 0.417. The minimum Gasteiger partial charge on any atom is -0.480 e. The molecule has 1 N–H and O–H groups in total. The first kappa shape index (κ1) is 11.8. The number of rotatable bonds is 1. The minimum atomic E-state index is -0.737. The predicted molar refractivity (Wildman–Crippen MR) is 66.4 cm³/mol. The molecule has 4 heteroatoms. The maximum Gasteiger partial charge on any atom is 0.317 e. The van der Waals surface area contributed by atoms with Gasteiger partial charge in [0.2, 0.25) is 0 Å². The first-order chi connectivity index (χ1) is 7.40. The van der Waals surface area contributed by atoms with Gasteiger partial charge in [-0.1, -0.05) is 25.4 Å². The molecule has 0 saturated heterocycles. The molecule has 1 aromatic rings. The van der Waals surface area contributed by atoms with Gasteiger partial charge in [0, 0.05) is 9.92 Å². The van der Waals surface area contributed by atoms with Crippen molar-refractivity contribution in [3.05, 3.63) is 28.8 Å². The summed E-state index contributed by atoms with van der Waals surface area (Å²) >= 11 is 7.40. The van der Waals surface area contributed by atoms with Crippen LogP contribution < -0.4 is 0 Å². The van der Waals surface area contributed by atoms with Crippen LogP contribution in [0.25, 0.3) is 0 Å². The number of hydrogen-bond donors (Lipinski definition) is 1. The number of thioether (sulfide) groups is 1. The van der Waals surface area contributed by atoms with Gasteiger partial charge in [-0.25, -0.2) is 0 Å². The summed E-state index contributed by atoms with van der Waals surface area (Å²) in [7, 11) is 0. The Morgan fingerprint density at radius 3 is 2.88 bits per heavy atom. The zero-order valence-electron chi connectivity index (χ0n) is 9.16. The second kappa shape index (κ2) is 3.97. The monoisotopic (exact) mass is 256 g/mol. The molecule has 1 aromatic carbocycles. The highest BCUT2D eigenvalue weighted by atomic mass is 35.5. The number of aliphatic carboxylic acids is 1. The van der Waals surface area contributed by atoms with Crippen LogP contribution >= 0.6 is 23.4 Å². The summed E-state index contributed by atoms with van der Waals surface area (Å²) in [5.41, 5.74) is 1.02. The van der Waals surface area contributed by atoms with Crippen molar-refractivity contribution in [2.24, 2.45) is 0 Å². The molecule has 0 aromatic heterocycles. The van der Waals surface area contributed by atoms with Crippen LogP contribution in [0, 0.1) is 0 Å². The zero-order chi connectivity index (χ0) is 11.9. The van der Waals surface area contributed by atoms with Gasteiger partial charge in [0.05, 0.1) is 0 Å². The lowest BCUT2D eigenvalue weighted by Gasteiger charge is -2.35. The van der Waals surface area contributed by atoms with Gasteiger partial charge in [0.15, 0.2) is 0 Å². The minimum absolute atomic E-state index is 0.130. The average molecular weight is 257 g/mol. The molecular weight excluding hydrogens is 244 g/mol.